The molecule has 0 bridgehead atoms. The van der Waals surface area contributed by atoms with E-state index >= 15 is 0 Å². The van der Waals surface area contributed by atoms with Crippen molar-refractivity contribution in [3.8, 4) is 0 Å². The molecule has 112 valence electrons. The van der Waals surface area contributed by atoms with Gasteiger partial charge in [0.1, 0.15) is 6.04 Å². The number of hydrogen-bond donors (Lipinski definition) is 1. The lowest BCUT2D eigenvalue weighted by atomic mass is 10.1. The number of alkyl halides is 3. The summed E-state index contributed by atoms with van der Waals surface area (Å²) in [5.41, 5.74) is -0.309. The van der Waals surface area contributed by atoms with Crippen LogP contribution in [0.3, 0.4) is 0 Å². The predicted molar refractivity (Wildman–Crippen MR) is 70.5 cm³/mol. The number of ether oxygens (including phenoxy) is 1. The van der Waals surface area contributed by atoms with Crippen molar-refractivity contribution in [1.82, 2.24) is 0 Å². The molecule has 6 heteroatoms. The zero-order valence-corrected chi connectivity index (χ0v) is 11.7. The van der Waals surface area contributed by atoms with Crippen molar-refractivity contribution in [3.63, 3.8) is 0 Å². The molecule has 1 rings (SSSR count). The Morgan fingerprint density at radius 2 is 2.00 bits per heavy atom. The predicted octanol–water partition coefficient (Wildman–Crippen LogP) is 3.77. The molecule has 0 saturated carbocycles. The van der Waals surface area contributed by atoms with E-state index in [9.17, 15) is 18.0 Å². The second-order valence-corrected chi connectivity index (χ2v) is 4.38. The number of hydrogen-bond acceptors (Lipinski definition) is 3. The number of nitrogens with one attached hydrogen (secondary N) is 1. The third kappa shape index (κ3) is 4.15. The quantitative estimate of drug-likeness (QED) is 0.839. The van der Waals surface area contributed by atoms with Crippen LogP contribution in [0.4, 0.5) is 18.9 Å². The first-order valence-electron chi connectivity index (χ1n) is 6.40. The first-order chi connectivity index (χ1) is 9.29. The molecule has 1 aromatic rings. The van der Waals surface area contributed by atoms with Gasteiger partial charge in [0, 0.05) is 5.69 Å². The van der Waals surface area contributed by atoms with Gasteiger partial charge in [-0.1, -0.05) is 13.0 Å². The highest BCUT2D eigenvalue weighted by atomic mass is 19.4. The van der Waals surface area contributed by atoms with Crippen LogP contribution in [0.15, 0.2) is 18.2 Å². The zero-order chi connectivity index (χ0) is 15.3. The maximum Gasteiger partial charge on any atom is 0.416 e. The average Bonchev–Trinajstić information content (AvgIpc) is 2.36. The lowest BCUT2D eigenvalue weighted by Crippen LogP contribution is -2.30. The van der Waals surface area contributed by atoms with Crippen LogP contribution in [-0.2, 0) is 15.7 Å². The summed E-state index contributed by atoms with van der Waals surface area (Å²) in [6.45, 7) is 5.07. The lowest BCUT2D eigenvalue weighted by molar-refractivity contribution is -0.144. The number of carbonyl (C=O) groups is 1. The van der Waals surface area contributed by atoms with Gasteiger partial charge in [-0.2, -0.15) is 13.2 Å². The minimum Gasteiger partial charge on any atom is -0.464 e. The van der Waals surface area contributed by atoms with Gasteiger partial charge in [0.2, 0.25) is 0 Å². The Labute approximate surface area is 116 Å². The fourth-order valence-corrected chi connectivity index (χ4v) is 1.79. The zero-order valence-electron chi connectivity index (χ0n) is 11.7. The minimum atomic E-state index is -4.41. The van der Waals surface area contributed by atoms with Gasteiger partial charge < -0.3 is 10.1 Å². The first kappa shape index (κ1) is 16.3. The summed E-state index contributed by atoms with van der Waals surface area (Å²) in [5, 5.41) is 2.78. The molecule has 0 saturated heterocycles. The second-order valence-electron chi connectivity index (χ2n) is 4.38. The van der Waals surface area contributed by atoms with Gasteiger partial charge >= 0.3 is 12.1 Å². The molecular weight excluding hydrogens is 271 g/mol. The molecule has 3 nitrogen and oxygen atoms in total. The summed E-state index contributed by atoms with van der Waals surface area (Å²) in [4.78, 5) is 11.6. The molecule has 0 fully saturated rings. The third-order valence-corrected chi connectivity index (χ3v) is 2.86. The Balaban J connectivity index is 2.95. The van der Waals surface area contributed by atoms with E-state index < -0.39 is 23.8 Å². The fourth-order valence-electron chi connectivity index (χ4n) is 1.79. The number of rotatable bonds is 5. The van der Waals surface area contributed by atoms with Crippen molar-refractivity contribution in [2.24, 2.45) is 0 Å². The van der Waals surface area contributed by atoms with Gasteiger partial charge in [-0.05, 0) is 38.0 Å². The largest absolute Gasteiger partial charge is 0.464 e. The van der Waals surface area contributed by atoms with Crippen LogP contribution in [-0.4, -0.2) is 18.6 Å². The molecule has 20 heavy (non-hydrogen) atoms. The van der Waals surface area contributed by atoms with Crippen LogP contribution >= 0.6 is 0 Å². The standard InChI is InChI=1S/C14H18F3NO2/c1-4-12(13(19)20-5-2)18-10-7-6-9(3)11(8-10)14(15,16)17/h6-8,12,18H,4-5H2,1-3H3. The van der Waals surface area contributed by atoms with Gasteiger partial charge in [-0.25, -0.2) is 4.79 Å². The number of carbonyl (C=O) groups excluding carboxylic acids is 1. The van der Waals surface area contributed by atoms with Gasteiger partial charge in [-0.15, -0.1) is 0 Å². The van der Waals surface area contributed by atoms with Crippen LogP contribution < -0.4 is 5.32 Å². The van der Waals surface area contributed by atoms with Crippen LogP contribution in [0.1, 0.15) is 31.4 Å². The summed E-state index contributed by atoms with van der Waals surface area (Å²) in [5.74, 6) is -0.468. The Morgan fingerprint density at radius 3 is 2.50 bits per heavy atom. The first-order valence-corrected chi connectivity index (χ1v) is 6.40. The molecule has 1 atom stereocenters. The smallest absolute Gasteiger partial charge is 0.416 e. The van der Waals surface area contributed by atoms with E-state index in [0.717, 1.165) is 6.07 Å². The topological polar surface area (TPSA) is 38.3 Å². The molecule has 1 unspecified atom stereocenters. The molecule has 0 spiro atoms. The second kappa shape index (κ2) is 6.63. The van der Waals surface area contributed by atoms with Gasteiger partial charge in [0.15, 0.2) is 0 Å². The molecule has 0 aliphatic carbocycles. The monoisotopic (exact) mass is 289 g/mol. The van der Waals surface area contributed by atoms with E-state index in [4.69, 9.17) is 4.74 Å². The van der Waals surface area contributed by atoms with Crippen LogP contribution in [0, 0.1) is 6.92 Å². The molecule has 0 aliphatic rings. The van der Waals surface area contributed by atoms with E-state index in [1.54, 1.807) is 13.8 Å². The van der Waals surface area contributed by atoms with Crippen molar-refractivity contribution in [2.45, 2.75) is 39.4 Å². The SMILES string of the molecule is CCOC(=O)C(CC)Nc1ccc(C)c(C(F)(F)F)c1. The Bertz CT molecular complexity index is 472. The number of aryl methyl sites for hydroxylation is 1. The highest BCUT2D eigenvalue weighted by Gasteiger charge is 2.32. The van der Waals surface area contributed by atoms with E-state index in [-0.39, 0.29) is 17.9 Å². The Kier molecular flexibility index (Phi) is 5.42. The summed E-state index contributed by atoms with van der Waals surface area (Å²) in [6.07, 6.45) is -3.98. The van der Waals surface area contributed by atoms with Gasteiger partial charge in [-0.3, -0.25) is 0 Å². The molecule has 1 aromatic carbocycles. The molecule has 0 aromatic heterocycles. The van der Waals surface area contributed by atoms with Crippen LogP contribution in [0.2, 0.25) is 0 Å². The van der Waals surface area contributed by atoms with Crippen molar-refractivity contribution in [1.29, 1.82) is 0 Å². The van der Waals surface area contributed by atoms with Crippen molar-refractivity contribution >= 4 is 11.7 Å². The van der Waals surface area contributed by atoms with Gasteiger partial charge in [0.05, 0.1) is 12.2 Å². The molecule has 0 aliphatic heterocycles. The summed E-state index contributed by atoms with van der Waals surface area (Å²) >= 11 is 0. The maximum absolute atomic E-state index is 12.8. The molecule has 0 radical (unpaired) electrons. The normalized spacial score (nSPS) is 12.9. The maximum atomic E-state index is 12.8. The van der Waals surface area contributed by atoms with Crippen LogP contribution in [0.5, 0.6) is 0 Å². The van der Waals surface area contributed by atoms with Gasteiger partial charge in [0.25, 0.3) is 0 Å². The van der Waals surface area contributed by atoms with Crippen LogP contribution in [0.25, 0.3) is 0 Å². The fraction of sp³-hybridized carbons (Fsp3) is 0.500. The summed E-state index contributed by atoms with van der Waals surface area (Å²) in [6, 6.07) is 3.26. The molecule has 1 N–H and O–H groups in total. The van der Waals surface area contributed by atoms with E-state index in [0.29, 0.717) is 6.42 Å². The number of anilines is 1. The summed E-state index contributed by atoms with van der Waals surface area (Å²) in [7, 11) is 0. The molecule has 0 heterocycles. The lowest BCUT2D eigenvalue weighted by Gasteiger charge is -2.18. The van der Waals surface area contributed by atoms with Crippen molar-refractivity contribution in [2.75, 3.05) is 11.9 Å². The van der Waals surface area contributed by atoms with E-state index in [2.05, 4.69) is 5.32 Å². The van der Waals surface area contributed by atoms with Crippen molar-refractivity contribution in [3.05, 3.63) is 29.3 Å². The Morgan fingerprint density at radius 1 is 1.35 bits per heavy atom. The number of esters is 1. The third-order valence-electron chi connectivity index (χ3n) is 2.86. The van der Waals surface area contributed by atoms with Crippen molar-refractivity contribution < 1.29 is 22.7 Å². The van der Waals surface area contributed by atoms with E-state index in [1.807, 2.05) is 0 Å². The average molecular weight is 289 g/mol. The highest BCUT2D eigenvalue weighted by Crippen LogP contribution is 2.33. The Hall–Kier alpha value is -1.72. The van der Waals surface area contributed by atoms with E-state index in [1.165, 1.54) is 19.1 Å². The molecule has 0 amide bonds. The minimum absolute atomic E-state index is 0.146. The summed E-state index contributed by atoms with van der Waals surface area (Å²) < 4.78 is 43.3. The highest BCUT2D eigenvalue weighted by molar-refractivity contribution is 5.79. The number of halogens is 3. The molecular formula is C14H18F3NO2. The number of benzene rings is 1.